The average Bonchev–Trinajstić information content (AvgIpc) is 1.51. The lowest BCUT2D eigenvalue weighted by Crippen LogP contribution is -2.59. The van der Waals surface area contributed by atoms with Crippen LogP contribution in [0.5, 0.6) is 0 Å². The largest absolute Gasteiger partial charge is 1.00 e. The second-order valence-corrected chi connectivity index (χ2v) is 31.4. The Balaban J connectivity index is -0.000000229. The summed E-state index contributed by atoms with van der Waals surface area (Å²) < 4.78 is 1.14. The summed E-state index contributed by atoms with van der Waals surface area (Å²) in [6.07, 6.45) is 0. The van der Waals surface area contributed by atoms with Gasteiger partial charge in [-0.05, 0) is 112 Å². The SMILES string of the molecule is Brc1ccc2c(c1)B1c3ccccc3C3(c4ccccc4-c4ccccc43)c3cccc-2c31.OB(O)c1ccc(-c2nc(-c3ccccc3)nc(-c3ccccc3)n2)cc1.[H-].[HH].[HH].[HH].[HH].[HH].[HH].[HH].[HH].[HH].[HH].[HH].[HH].[HH].[HH].[HH].[HH].[HH].[HH].[HH].[HH].[HH].[HH].[HH].[HH].[HH].[HH].[HH].[HH].[HH].[HH].c1ccc(-c2nc(-c3ccccc3)nc(-c3ccc(-c4ccc5c(c4)B4c6ccccc6C6(c7ccccc7-c7ccccc76)c6cccc-5c64)cc3)n2)cc1. The molecular weight excluding hydrogens is 1480 g/mol. The molecule has 0 fully saturated rings. The predicted molar refractivity (Wildman–Crippen MR) is 541 cm³/mol. The van der Waals surface area contributed by atoms with Crippen LogP contribution in [0.1, 0.15) is 88.7 Å². The molecule has 4 aliphatic heterocycles. The highest BCUT2D eigenvalue weighted by Crippen LogP contribution is 2.59. The van der Waals surface area contributed by atoms with Crippen molar-refractivity contribution in [3.63, 3.8) is 0 Å². The van der Waals surface area contributed by atoms with Crippen LogP contribution in [0.25, 0.3) is 124 Å². The van der Waals surface area contributed by atoms with Crippen molar-refractivity contribution in [3.8, 4) is 124 Å². The molecule has 0 atom stereocenters. The number of halogens is 1. The van der Waals surface area contributed by atoms with Crippen molar-refractivity contribution >= 4 is 74.7 Å². The maximum Gasteiger partial charge on any atom is 0.488 e. The first-order valence-corrected chi connectivity index (χ1v) is 40.2. The first kappa shape index (κ1) is 68.9. The van der Waals surface area contributed by atoms with Gasteiger partial charge in [0.2, 0.25) is 13.4 Å². The minimum Gasteiger partial charge on any atom is -1.00 e. The Hall–Kier alpha value is -13.9. The molecule has 0 saturated heterocycles. The summed E-state index contributed by atoms with van der Waals surface area (Å²) in [6.45, 7) is 0.417. The van der Waals surface area contributed by atoms with Crippen molar-refractivity contribution in [3.05, 3.63) is 437 Å². The third kappa shape index (κ3) is 10.8. The molecule has 0 radical (unpaired) electrons. The van der Waals surface area contributed by atoms with Gasteiger partial charge in [-0.25, -0.2) is 29.9 Å². The van der Waals surface area contributed by atoms with Crippen LogP contribution in [0.15, 0.2) is 393 Å². The summed E-state index contributed by atoms with van der Waals surface area (Å²) in [5.74, 6) is 3.69. The lowest BCUT2D eigenvalue weighted by molar-refractivity contribution is 0.426. The summed E-state index contributed by atoms with van der Waals surface area (Å²) in [5, 5.41) is 18.6. The molecular formula is C104H127B3BrN6O2-. The van der Waals surface area contributed by atoms with Gasteiger partial charge >= 0.3 is 7.12 Å². The third-order valence-electron chi connectivity index (χ3n) is 24.5. The van der Waals surface area contributed by atoms with E-state index in [0.717, 1.165) is 43.4 Å². The van der Waals surface area contributed by atoms with Gasteiger partial charge in [0.15, 0.2) is 34.9 Å². The fourth-order valence-corrected chi connectivity index (χ4v) is 20.0. The van der Waals surface area contributed by atoms with Crippen LogP contribution in [0.4, 0.5) is 0 Å². The van der Waals surface area contributed by atoms with Crippen molar-refractivity contribution in [1.82, 2.24) is 29.9 Å². The smallest absolute Gasteiger partial charge is 0.488 e. The maximum atomic E-state index is 9.29. The molecule has 8 nitrogen and oxygen atoms in total. The molecule has 12 heteroatoms. The van der Waals surface area contributed by atoms with E-state index in [2.05, 4.69) is 274 Å². The van der Waals surface area contributed by atoms with Gasteiger partial charge in [-0.15, -0.1) is 0 Å². The summed E-state index contributed by atoms with van der Waals surface area (Å²) in [6, 6.07) is 138. The summed E-state index contributed by atoms with van der Waals surface area (Å²) in [4.78, 5) is 28.7. The number of hydrogen-bond donors (Lipinski definition) is 2. The van der Waals surface area contributed by atoms with Gasteiger partial charge in [0.05, 0.1) is 10.8 Å². The fraction of sp³-hybridized carbons (Fsp3) is 0.0192. The molecule has 18 aromatic rings. The van der Waals surface area contributed by atoms with Gasteiger partial charge in [-0.1, -0.05) is 431 Å². The van der Waals surface area contributed by atoms with Crippen molar-refractivity contribution in [2.75, 3.05) is 0 Å². The van der Waals surface area contributed by atoms with Gasteiger partial charge in [-0.3, -0.25) is 0 Å². The van der Waals surface area contributed by atoms with Gasteiger partial charge in [-0.2, -0.15) is 0 Å². The van der Waals surface area contributed by atoms with Crippen LogP contribution < -0.4 is 38.2 Å². The highest BCUT2D eigenvalue weighted by Gasteiger charge is 2.56. The van der Waals surface area contributed by atoms with Crippen molar-refractivity contribution in [2.45, 2.75) is 10.8 Å². The molecule has 2 aliphatic carbocycles. The Morgan fingerprint density at radius 3 is 0.879 bits per heavy atom. The molecule has 0 bridgehead atoms. The van der Waals surface area contributed by atoms with E-state index in [1.54, 1.807) is 24.3 Å². The topological polar surface area (TPSA) is 118 Å². The zero-order valence-corrected chi connectivity index (χ0v) is 64.2. The number of fused-ring (bicyclic) bond motifs is 24. The monoisotopic (exact) mass is 1600 g/mol. The Labute approximate surface area is 727 Å². The zero-order chi connectivity index (χ0) is 77.2. The van der Waals surface area contributed by atoms with E-state index in [0.29, 0.717) is 40.4 Å². The van der Waals surface area contributed by atoms with Crippen LogP contribution in [0.3, 0.4) is 0 Å². The summed E-state index contributed by atoms with van der Waals surface area (Å²) in [5.41, 5.74) is 38.1. The van der Waals surface area contributed by atoms with Crippen LogP contribution in [-0.2, 0) is 10.8 Å². The quantitative estimate of drug-likeness (QED) is 0.145. The van der Waals surface area contributed by atoms with Crippen LogP contribution in [-0.4, -0.2) is 60.5 Å². The highest BCUT2D eigenvalue weighted by atomic mass is 79.9. The molecule has 0 unspecified atom stereocenters. The number of benzene rings is 16. The van der Waals surface area contributed by atoms with E-state index in [9.17, 15) is 10.0 Å². The second-order valence-electron chi connectivity index (χ2n) is 30.4. The number of rotatable bonds is 8. The van der Waals surface area contributed by atoms with Gasteiger partial charge < -0.3 is 11.5 Å². The average molecular weight is 1610 g/mol. The standard InChI is InChI=1S/C52H32BN3.C31H18BBr.C21H16BN3O2.30H2.H/c1-3-14-34(15-4-1)49-54-50(35-16-5-2-6-17-35)56-51(55-49)36-28-26-33(27-29-36)37-30-31-40-41-20-13-24-45-48(41)53(47(40)32-37)46-25-12-11-23-44(46)52(45)42-21-9-7-18-38(42)39-19-8-10-22-43(39)52;33-19-16-17-22-23-10-7-14-27-30(23)32(29(22)18-19)28-15-6-5-13-26(28)31(27)24-11-3-1-8-20(24)21-9-2-4-12-25(21)31;26-22(27)18-13-11-17(12-14-18)21-24-19(15-7-3-1-4-8-15)23-20(25-21)16-9-5-2-6-10-16;;;;;;;;;;;;;;;;;;;;;;;;;;;;;;;/h1-32H;1-18H;1-14,26-27H;30*1H;/q;;;;;;;;;;;;;;;;;;;;;;;;;;;;;;;;;-1. The Bertz CT molecular complexity index is 6880. The Morgan fingerprint density at radius 2 is 0.509 bits per heavy atom. The number of nitrogens with zero attached hydrogens (tertiary/aromatic N) is 6. The van der Waals surface area contributed by atoms with E-state index in [4.69, 9.17) is 15.0 Å². The third-order valence-corrected chi connectivity index (χ3v) is 25.0. The van der Waals surface area contributed by atoms with Crippen molar-refractivity contribution in [2.24, 2.45) is 0 Å². The maximum absolute atomic E-state index is 9.29. The number of hydrogen-bond acceptors (Lipinski definition) is 8. The normalized spacial score (nSPS) is 13.2. The minimum absolute atomic E-state index is 0. The lowest BCUT2D eigenvalue weighted by atomic mass is 9.32. The molecule has 24 rings (SSSR count). The first-order chi connectivity index (χ1) is 57.3. The van der Waals surface area contributed by atoms with Crippen LogP contribution in [0.2, 0.25) is 0 Å². The van der Waals surface area contributed by atoms with Crippen molar-refractivity contribution in [1.29, 1.82) is 0 Å². The zero-order valence-electron chi connectivity index (χ0n) is 63.6. The van der Waals surface area contributed by atoms with Gasteiger partial charge in [0.1, 0.15) is 0 Å². The van der Waals surface area contributed by atoms with E-state index in [1.165, 1.54) is 127 Å². The molecule has 16 aromatic carbocycles. The van der Waals surface area contributed by atoms with Crippen LogP contribution in [0, 0.1) is 0 Å². The van der Waals surface area contributed by atoms with Gasteiger partial charge in [0.25, 0.3) is 0 Å². The highest BCUT2D eigenvalue weighted by molar-refractivity contribution is 9.10. The molecule has 6 aliphatic rings. The molecule has 116 heavy (non-hydrogen) atoms. The molecule has 0 amide bonds. The van der Waals surface area contributed by atoms with Crippen molar-refractivity contribution < 1.29 is 54.3 Å². The number of aromatic nitrogens is 6. The molecule has 2 spiro atoms. The Kier molecular flexibility index (Phi) is 16.5. The second kappa shape index (κ2) is 27.8. The molecule has 2 aromatic heterocycles. The van der Waals surface area contributed by atoms with Gasteiger partial charge in [0, 0.05) is 80.7 Å². The van der Waals surface area contributed by atoms with E-state index in [-0.39, 0.29) is 68.5 Å². The van der Waals surface area contributed by atoms with E-state index >= 15 is 0 Å². The predicted octanol–water partition coefficient (Wildman–Crippen LogP) is 25.4. The van der Waals surface area contributed by atoms with E-state index in [1.807, 2.05) is 121 Å². The van der Waals surface area contributed by atoms with Crippen LogP contribution >= 0.6 is 15.9 Å². The minimum atomic E-state index is -1.50. The molecule has 0 saturated carbocycles. The Morgan fingerprint density at radius 1 is 0.233 bits per heavy atom. The first-order valence-electron chi connectivity index (χ1n) is 39.4. The lowest BCUT2D eigenvalue weighted by Gasteiger charge is -2.42. The molecule has 602 valence electrons. The molecule has 2 N–H and O–H groups in total. The summed E-state index contributed by atoms with van der Waals surface area (Å²) >= 11 is 3.75. The fourth-order valence-electron chi connectivity index (χ4n) is 19.7. The molecule has 6 heterocycles. The summed E-state index contributed by atoms with van der Waals surface area (Å²) in [7, 11) is -1.50. The van der Waals surface area contributed by atoms with E-state index < -0.39 is 7.12 Å².